The number of hydrogen-bond donors (Lipinski definition) is 1. The fourth-order valence-electron chi connectivity index (χ4n) is 3.38. The molecule has 7 heteroatoms. The Bertz CT molecular complexity index is 993. The Kier molecular flexibility index (Phi) is 4.00. The molecule has 0 bridgehead atoms. The maximum Gasteiger partial charge on any atom is 0.277 e. The third-order valence-corrected chi connectivity index (χ3v) is 4.47. The number of hydrogen-bond acceptors (Lipinski definition) is 5. The van der Waals surface area contributed by atoms with Crippen LogP contribution in [0.1, 0.15) is 27.3 Å². The number of aromatic nitrogens is 4. The van der Waals surface area contributed by atoms with Gasteiger partial charge in [0, 0.05) is 37.6 Å². The van der Waals surface area contributed by atoms with Crippen molar-refractivity contribution in [2.75, 3.05) is 12.4 Å². The minimum atomic E-state index is -0.257. The van der Waals surface area contributed by atoms with Gasteiger partial charge >= 0.3 is 0 Å². The van der Waals surface area contributed by atoms with Crippen LogP contribution in [0.25, 0.3) is 11.4 Å². The summed E-state index contributed by atoms with van der Waals surface area (Å²) in [6.07, 6.45) is 1.78. The first-order valence-electron chi connectivity index (χ1n) is 8.46. The van der Waals surface area contributed by atoms with E-state index >= 15 is 0 Å². The molecule has 0 unspecified atom stereocenters. The fourth-order valence-corrected chi connectivity index (χ4v) is 3.38. The third kappa shape index (κ3) is 2.86. The van der Waals surface area contributed by atoms with Crippen LogP contribution in [-0.4, -0.2) is 37.6 Å². The molecule has 3 aromatic rings. The van der Waals surface area contributed by atoms with Crippen LogP contribution in [0.2, 0.25) is 0 Å². The highest BCUT2D eigenvalue weighted by molar-refractivity contribution is 6.04. The molecule has 0 aliphatic carbocycles. The van der Waals surface area contributed by atoms with Crippen LogP contribution < -0.4 is 5.32 Å². The van der Waals surface area contributed by atoms with E-state index < -0.39 is 0 Å². The average Bonchev–Trinajstić information content (AvgIpc) is 2.83. The van der Waals surface area contributed by atoms with Crippen LogP contribution in [0.3, 0.4) is 0 Å². The first kappa shape index (κ1) is 16.4. The van der Waals surface area contributed by atoms with Gasteiger partial charge in [-0.25, -0.2) is 4.98 Å². The molecule has 0 radical (unpaired) electrons. The molecule has 0 fully saturated rings. The Morgan fingerprint density at radius 1 is 1.15 bits per heavy atom. The van der Waals surface area contributed by atoms with E-state index in [0.29, 0.717) is 18.1 Å². The van der Waals surface area contributed by atoms with E-state index in [9.17, 15) is 4.79 Å². The Hall–Kier alpha value is -3.06. The smallest absolute Gasteiger partial charge is 0.277 e. The third-order valence-electron chi connectivity index (χ3n) is 4.47. The number of amides is 1. The van der Waals surface area contributed by atoms with Gasteiger partial charge in [0.05, 0.1) is 11.4 Å². The Balaban J connectivity index is 1.77. The molecular weight excluding hydrogens is 328 g/mol. The second kappa shape index (κ2) is 6.34. The summed E-state index contributed by atoms with van der Waals surface area (Å²) < 4.78 is 1.75. The summed E-state index contributed by atoms with van der Waals surface area (Å²) in [4.78, 5) is 23.9. The maximum absolute atomic E-state index is 12.9. The largest absolute Gasteiger partial charge is 0.305 e. The van der Waals surface area contributed by atoms with E-state index in [4.69, 9.17) is 0 Å². The summed E-state index contributed by atoms with van der Waals surface area (Å²) in [5.41, 5.74) is 5.06. The normalized spacial score (nSPS) is 13.7. The van der Waals surface area contributed by atoms with Gasteiger partial charge in [0.15, 0.2) is 5.69 Å². The number of carbonyl (C=O) groups is 1. The molecule has 1 amide bonds. The molecule has 1 N–H and O–H groups in total. The zero-order valence-electron chi connectivity index (χ0n) is 15.0. The summed E-state index contributed by atoms with van der Waals surface area (Å²) in [7, 11) is 3.88. The first-order chi connectivity index (χ1) is 12.5. The van der Waals surface area contributed by atoms with Gasteiger partial charge < -0.3 is 5.32 Å². The molecule has 0 saturated heterocycles. The van der Waals surface area contributed by atoms with Gasteiger partial charge in [-0.1, -0.05) is 12.1 Å². The molecule has 0 saturated carbocycles. The number of rotatable bonds is 2. The van der Waals surface area contributed by atoms with E-state index in [-0.39, 0.29) is 5.91 Å². The topological polar surface area (TPSA) is 75.9 Å². The van der Waals surface area contributed by atoms with E-state index in [1.54, 1.807) is 16.9 Å². The van der Waals surface area contributed by atoms with Gasteiger partial charge in [0.2, 0.25) is 0 Å². The molecular formula is C19H20N6O. The maximum atomic E-state index is 12.9. The summed E-state index contributed by atoms with van der Waals surface area (Å²) in [5.74, 6) is 0.266. The molecule has 0 atom stereocenters. The zero-order chi connectivity index (χ0) is 18.3. The lowest BCUT2D eigenvalue weighted by molar-refractivity contribution is 0.101. The predicted molar refractivity (Wildman–Crippen MR) is 98.5 cm³/mol. The quantitative estimate of drug-likeness (QED) is 0.769. The lowest BCUT2D eigenvalue weighted by Crippen LogP contribution is -2.20. The molecule has 3 aromatic heterocycles. The summed E-state index contributed by atoms with van der Waals surface area (Å²) >= 11 is 0. The number of nitrogens with zero attached hydrogens (tertiary/aromatic N) is 5. The number of aryl methyl sites for hydroxylation is 2. The monoisotopic (exact) mass is 348 g/mol. The van der Waals surface area contributed by atoms with Gasteiger partial charge in [-0.05, 0) is 37.7 Å². The Morgan fingerprint density at radius 2 is 2.00 bits per heavy atom. The summed E-state index contributed by atoms with van der Waals surface area (Å²) in [6, 6.07) is 9.53. The van der Waals surface area contributed by atoms with Crippen LogP contribution in [0.15, 0.2) is 36.5 Å². The molecule has 7 nitrogen and oxygen atoms in total. The van der Waals surface area contributed by atoms with Crippen LogP contribution >= 0.6 is 0 Å². The molecule has 1 aliphatic rings. The fraction of sp³-hybridized carbons (Fsp3) is 0.263. The minimum absolute atomic E-state index is 0.257. The van der Waals surface area contributed by atoms with Crippen LogP contribution in [-0.2, 0) is 20.1 Å². The van der Waals surface area contributed by atoms with Crippen molar-refractivity contribution in [1.82, 2.24) is 24.6 Å². The van der Waals surface area contributed by atoms with Gasteiger partial charge in [0.25, 0.3) is 5.91 Å². The highest BCUT2D eigenvalue weighted by atomic mass is 16.2. The Labute approximate surface area is 151 Å². The molecule has 0 aromatic carbocycles. The van der Waals surface area contributed by atoms with Crippen molar-refractivity contribution >= 4 is 11.7 Å². The summed E-state index contributed by atoms with van der Waals surface area (Å²) in [6.45, 7) is 3.29. The highest BCUT2D eigenvalue weighted by Gasteiger charge is 2.28. The van der Waals surface area contributed by atoms with Crippen molar-refractivity contribution in [1.29, 1.82) is 0 Å². The van der Waals surface area contributed by atoms with E-state index in [2.05, 4.69) is 31.3 Å². The summed E-state index contributed by atoms with van der Waals surface area (Å²) in [5, 5.41) is 7.35. The van der Waals surface area contributed by atoms with Gasteiger partial charge in [-0.3, -0.25) is 19.4 Å². The van der Waals surface area contributed by atoms with Crippen molar-refractivity contribution in [3.05, 3.63) is 59.0 Å². The SMILES string of the molecule is Cc1cccc(NC(=O)c2nn(C)c3c2CN(C)Cc2cccnc2-3)n1. The lowest BCUT2D eigenvalue weighted by Gasteiger charge is -2.14. The van der Waals surface area contributed by atoms with Crippen LogP contribution in [0, 0.1) is 6.92 Å². The molecule has 4 rings (SSSR count). The molecule has 4 heterocycles. The van der Waals surface area contributed by atoms with Crippen molar-refractivity contribution in [3.8, 4) is 11.4 Å². The van der Waals surface area contributed by atoms with E-state index in [1.165, 1.54) is 0 Å². The van der Waals surface area contributed by atoms with Gasteiger partial charge in [-0.15, -0.1) is 0 Å². The molecule has 0 spiro atoms. The molecule has 132 valence electrons. The Morgan fingerprint density at radius 3 is 2.81 bits per heavy atom. The predicted octanol–water partition coefficient (Wildman–Crippen LogP) is 2.38. The highest BCUT2D eigenvalue weighted by Crippen LogP contribution is 2.32. The molecule has 1 aliphatic heterocycles. The first-order valence-corrected chi connectivity index (χ1v) is 8.46. The second-order valence-electron chi connectivity index (χ2n) is 6.60. The number of pyridine rings is 2. The number of anilines is 1. The second-order valence-corrected chi connectivity index (χ2v) is 6.60. The lowest BCUT2D eigenvalue weighted by atomic mass is 10.1. The molecule has 26 heavy (non-hydrogen) atoms. The van der Waals surface area contributed by atoms with Crippen molar-refractivity contribution in [2.24, 2.45) is 7.05 Å². The zero-order valence-corrected chi connectivity index (χ0v) is 15.0. The standard InChI is InChI=1S/C19H20N6O/c1-12-6-4-8-15(21-12)22-19(26)17-14-11-24(2)10-13-7-5-9-20-16(13)18(14)25(3)23-17/h4-9H,10-11H2,1-3H3,(H,21,22,26). The number of fused-ring (bicyclic) bond motifs is 3. The average molecular weight is 348 g/mol. The minimum Gasteiger partial charge on any atom is -0.305 e. The number of carbonyl (C=O) groups excluding carboxylic acids is 1. The number of nitrogens with one attached hydrogen (secondary N) is 1. The van der Waals surface area contributed by atoms with E-state index in [0.717, 1.165) is 34.8 Å². The van der Waals surface area contributed by atoms with Crippen molar-refractivity contribution in [2.45, 2.75) is 20.0 Å². The van der Waals surface area contributed by atoms with E-state index in [1.807, 2.05) is 39.2 Å². The van der Waals surface area contributed by atoms with Crippen LogP contribution in [0.5, 0.6) is 0 Å². The van der Waals surface area contributed by atoms with Crippen molar-refractivity contribution in [3.63, 3.8) is 0 Å². The van der Waals surface area contributed by atoms with Crippen LogP contribution in [0.4, 0.5) is 5.82 Å². The van der Waals surface area contributed by atoms with Gasteiger partial charge in [-0.2, -0.15) is 5.10 Å². The van der Waals surface area contributed by atoms with Crippen molar-refractivity contribution < 1.29 is 4.79 Å². The van der Waals surface area contributed by atoms with Gasteiger partial charge in [0.1, 0.15) is 5.82 Å².